The second-order valence-electron chi connectivity index (χ2n) is 9.22. The van der Waals surface area contributed by atoms with Crippen molar-refractivity contribution < 1.29 is 33.9 Å². The summed E-state index contributed by atoms with van der Waals surface area (Å²) < 4.78 is 18.8. The Kier molecular flexibility index (Phi) is 4.44. The zero-order valence-electron chi connectivity index (χ0n) is 17.0. The maximum atomic E-state index is 11.3. The molecule has 7 nitrogen and oxygen atoms in total. The number of fused-ring (bicyclic) bond motifs is 2. The van der Waals surface area contributed by atoms with Gasteiger partial charge in [0.05, 0.1) is 5.56 Å². The Morgan fingerprint density at radius 3 is 2.79 bits per heavy atom. The van der Waals surface area contributed by atoms with Gasteiger partial charge in [0.1, 0.15) is 5.75 Å². The van der Waals surface area contributed by atoms with Gasteiger partial charge in [0.2, 0.25) is 12.1 Å². The zero-order chi connectivity index (χ0) is 20.4. The summed E-state index contributed by atoms with van der Waals surface area (Å²) in [5.74, 6) is -0.343. The van der Waals surface area contributed by atoms with Crippen LogP contribution in [0, 0.1) is 23.7 Å². The lowest BCUT2D eigenvalue weighted by Crippen LogP contribution is -2.70. The third-order valence-corrected chi connectivity index (χ3v) is 7.43. The van der Waals surface area contributed by atoms with E-state index in [0.29, 0.717) is 17.6 Å². The summed E-state index contributed by atoms with van der Waals surface area (Å²) in [5, 5.41) is 9.26. The molecule has 158 valence electrons. The summed E-state index contributed by atoms with van der Waals surface area (Å²) in [5.41, 5.74) is -0.446. The molecule has 2 bridgehead atoms. The van der Waals surface area contributed by atoms with Gasteiger partial charge in [-0.2, -0.15) is 0 Å². The van der Waals surface area contributed by atoms with Crippen LogP contribution < -0.4 is 4.74 Å². The van der Waals surface area contributed by atoms with Crippen LogP contribution in [0.4, 0.5) is 0 Å². The molecule has 0 aromatic heterocycles. The molecular formula is C22H28O7. The van der Waals surface area contributed by atoms with E-state index in [9.17, 15) is 9.90 Å². The largest absolute Gasteiger partial charge is 0.478 e. The Bertz CT molecular complexity index is 812. The third kappa shape index (κ3) is 2.90. The highest BCUT2D eigenvalue weighted by molar-refractivity contribution is 5.88. The van der Waals surface area contributed by atoms with Crippen molar-refractivity contribution in [3.63, 3.8) is 0 Å². The van der Waals surface area contributed by atoms with Crippen LogP contribution in [0.25, 0.3) is 0 Å². The molecule has 1 N–H and O–H groups in total. The monoisotopic (exact) mass is 404 g/mol. The minimum absolute atomic E-state index is 0.0318. The first kappa shape index (κ1) is 19.3. The topological polar surface area (TPSA) is 83.5 Å². The predicted octanol–water partition coefficient (Wildman–Crippen LogP) is 3.97. The van der Waals surface area contributed by atoms with E-state index >= 15 is 0 Å². The number of carboxylic acid groups (broad SMARTS) is 1. The smallest absolute Gasteiger partial charge is 0.335 e. The predicted molar refractivity (Wildman–Crippen MR) is 101 cm³/mol. The second-order valence-corrected chi connectivity index (χ2v) is 9.22. The summed E-state index contributed by atoms with van der Waals surface area (Å²) in [6, 6.07) is 6.49. The zero-order valence-corrected chi connectivity index (χ0v) is 17.0. The molecule has 29 heavy (non-hydrogen) atoms. The number of carboxylic acids is 1. The normalized spacial score (nSPS) is 45.9. The van der Waals surface area contributed by atoms with E-state index in [-0.39, 0.29) is 17.4 Å². The highest BCUT2D eigenvalue weighted by Gasteiger charge is 2.69. The molecule has 5 fully saturated rings. The van der Waals surface area contributed by atoms with Gasteiger partial charge in [-0.1, -0.05) is 19.9 Å². The molecule has 3 unspecified atom stereocenters. The van der Waals surface area contributed by atoms with Gasteiger partial charge in [-0.05, 0) is 56.2 Å². The summed E-state index contributed by atoms with van der Waals surface area (Å²) in [6.07, 6.45) is 2.71. The molecule has 1 saturated carbocycles. The Morgan fingerprint density at radius 1 is 1.17 bits per heavy atom. The average molecular weight is 404 g/mol. The maximum absolute atomic E-state index is 11.3. The van der Waals surface area contributed by atoms with Gasteiger partial charge >= 0.3 is 5.97 Å². The number of ether oxygens (including phenoxy) is 3. The van der Waals surface area contributed by atoms with Crippen LogP contribution in [0.1, 0.15) is 56.8 Å². The SMILES string of the molecule is C[C@@H]1CCC2[C@@H](C)[C@@H](Oc3cccc(C(=O)O)c3)OC3O[C@@]4(C)CCC1[C@]32OO4. The Labute approximate surface area is 170 Å². The molecule has 8 atom stereocenters. The number of aromatic carboxylic acids is 1. The third-order valence-electron chi connectivity index (χ3n) is 7.43. The molecule has 1 aromatic rings. The van der Waals surface area contributed by atoms with Crippen molar-refractivity contribution in [2.75, 3.05) is 0 Å². The van der Waals surface area contributed by atoms with Crippen molar-refractivity contribution in [2.24, 2.45) is 23.7 Å². The fourth-order valence-electron chi connectivity index (χ4n) is 5.84. The highest BCUT2D eigenvalue weighted by Crippen LogP contribution is 2.60. The molecule has 1 aromatic carbocycles. The summed E-state index contributed by atoms with van der Waals surface area (Å²) in [6.45, 7) is 6.28. The minimum atomic E-state index is -0.987. The van der Waals surface area contributed by atoms with Crippen LogP contribution in [-0.4, -0.2) is 35.0 Å². The number of hydrogen-bond acceptors (Lipinski definition) is 6. The molecule has 1 spiro atoms. The van der Waals surface area contributed by atoms with Crippen LogP contribution in [0.5, 0.6) is 5.75 Å². The molecule has 0 radical (unpaired) electrons. The highest BCUT2D eigenvalue weighted by atomic mass is 17.3. The van der Waals surface area contributed by atoms with Crippen molar-refractivity contribution in [3.8, 4) is 5.75 Å². The first-order valence-electron chi connectivity index (χ1n) is 10.5. The molecule has 1 aliphatic carbocycles. The van der Waals surface area contributed by atoms with Crippen LogP contribution >= 0.6 is 0 Å². The van der Waals surface area contributed by atoms with Crippen molar-refractivity contribution >= 4 is 5.97 Å². The Balaban J connectivity index is 1.47. The van der Waals surface area contributed by atoms with E-state index in [4.69, 9.17) is 24.0 Å². The van der Waals surface area contributed by atoms with Gasteiger partial charge in [0.25, 0.3) is 0 Å². The van der Waals surface area contributed by atoms with Crippen LogP contribution in [0.3, 0.4) is 0 Å². The lowest BCUT2D eigenvalue weighted by atomic mass is 9.58. The number of hydrogen-bond donors (Lipinski definition) is 1. The lowest BCUT2D eigenvalue weighted by Gasteiger charge is -2.60. The number of rotatable bonds is 3. The molecule has 4 aliphatic heterocycles. The van der Waals surface area contributed by atoms with Gasteiger partial charge in [-0.25, -0.2) is 14.6 Å². The second kappa shape index (κ2) is 6.67. The Hall–Kier alpha value is -1.67. The summed E-state index contributed by atoms with van der Waals surface area (Å²) in [7, 11) is 0. The standard InChI is InChI=1S/C22H28O7/c1-12-7-8-17-13(2)19(25-15-6-4-5-14(11-15)18(23)24)26-20-22(17)16(12)9-10-21(3,27-20)28-29-22/h4-6,11-13,16-17,19-20H,7-10H2,1-3H3,(H,23,24)/t12-,13-,16?,17?,19+,20?,21-,22-/m1/s1. The minimum Gasteiger partial charge on any atom is -0.478 e. The van der Waals surface area contributed by atoms with E-state index in [1.165, 1.54) is 6.07 Å². The first-order valence-corrected chi connectivity index (χ1v) is 10.5. The quantitative estimate of drug-likeness (QED) is 0.763. The van der Waals surface area contributed by atoms with Crippen molar-refractivity contribution in [2.45, 2.75) is 70.4 Å². The number of benzene rings is 1. The fourth-order valence-corrected chi connectivity index (χ4v) is 5.84. The average Bonchev–Trinajstić information content (AvgIpc) is 2.92. The number of carbonyl (C=O) groups is 1. The van der Waals surface area contributed by atoms with Crippen molar-refractivity contribution in [3.05, 3.63) is 29.8 Å². The van der Waals surface area contributed by atoms with E-state index in [0.717, 1.165) is 25.7 Å². The van der Waals surface area contributed by atoms with Crippen LogP contribution in [0.2, 0.25) is 0 Å². The summed E-state index contributed by atoms with van der Waals surface area (Å²) >= 11 is 0. The van der Waals surface area contributed by atoms with Crippen molar-refractivity contribution in [1.29, 1.82) is 0 Å². The van der Waals surface area contributed by atoms with Gasteiger partial charge < -0.3 is 19.3 Å². The first-order chi connectivity index (χ1) is 13.8. The summed E-state index contributed by atoms with van der Waals surface area (Å²) in [4.78, 5) is 23.2. The van der Waals surface area contributed by atoms with Gasteiger partial charge in [-0.3, -0.25) is 0 Å². The molecule has 7 heteroatoms. The Morgan fingerprint density at radius 2 is 2.00 bits per heavy atom. The molecule has 0 amide bonds. The molecule has 6 rings (SSSR count). The van der Waals surface area contributed by atoms with Crippen LogP contribution in [0.15, 0.2) is 24.3 Å². The molecule has 4 saturated heterocycles. The molecular weight excluding hydrogens is 376 g/mol. The van der Waals surface area contributed by atoms with Gasteiger partial charge in [0, 0.05) is 18.3 Å². The maximum Gasteiger partial charge on any atom is 0.335 e. The van der Waals surface area contributed by atoms with E-state index in [2.05, 4.69) is 13.8 Å². The molecule has 4 heterocycles. The van der Waals surface area contributed by atoms with Crippen molar-refractivity contribution in [1.82, 2.24) is 0 Å². The van der Waals surface area contributed by atoms with E-state index < -0.39 is 29.9 Å². The lowest BCUT2D eigenvalue weighted by molar-refractivity contribution is -0.575. The van der Waals surface area contributed by atoms with Gasteiger partial charge in [-0.15, -0.1) is 0 Å². The fraction of sp³-hybridized carbons (Fsp3) is 0.682. The van der Waals surface area contributed by atoms with Crippen LogP contribution in [-0.2, 0) is 19.2 Å². The van der Waals surface area contributed by atoms with Gasteiger partial charge in [0.15, 0.2) is 11.9 Å². The van der Waals surface area contributed by atoms with E-state index in [1.807, 2.05) is 6.92 Å². The van der Waals surface area contributed by atoms with E-state index in [1.54, 1.807) is 18.2 Å². The molecule has 5 aliphatic rings.